The number of benzene rings is 2. The Kier molecular flexibility index (Phi) is 3.72. The van der Waals surface area contributed by atoms with E-state index in [1.165, 1.54) is 17.7 Å². The molecule has 0 bridgehead atoms. The lowest BCUT2D eigenvalue weighted by atomic mass is 10.1. The highest BCUT2D eigenvalue weighted by Gasteiger charge is 2.05. The summed E-state index contributed by atoms with van der Waals surface area (Å²) in [7, 11) is 0. The summed E-state index contributed by atoms with van der Waals surface area (Å²) in [5.41, 5.74) is 9.05. The third-order valence-corrected chi connectivity index (χ3v) is 2.99. The molecule has 2 nitrogen and oxygen atoms in total. The predicted octanol–water partition coefficient (Wildman–Crippen LogP) is 3.98. The van der Waals surface area contributed by atoms with Crippen molar-refractivity contribution in [1.29, 1.82) is 0 Å². The van der Waals surface area contributed by atoms with Gasteiger partial charge in [0.25, 0.3) is 0 Å². The second-order valence-electron chi connectivity index (χ2n) is 4.19. The molecule has 2 aromatic rings. The largest absolute Gasteiger partial charge is 0.397 e. The second kappa shape index (κ2) is 5.27. The van der Waals surface area contributed by atoms with Crippen LogP contribution >= 0.6 is 11.6 Å². The van der Waals surface area contributed by atoms with Gasteiger partial charge in [-0.15, -0.1) is 0 Å². The Balaban J connectivity index is 2.10. The Bertz CT molecular complexity index is 552. The molecule has 0 radical (unpaired) electrons. The molecule has 0 aliphatic carbocycles. The van der Waals surface area contributed by atoms with Gasteiger partial charge in [0.05, 0.1) is 16.4 Å². The van der Waals surface area contributed by atoms with E-state index in [1.807, 2.05) is 31.2 Å². The molecule has 0 heterocycles. The van der Waals surface area contributed by atoms with Crippen molar-refractivity contribution >= 4 is 23.0 Å². The maximum atomic E-state index is 13.1. The van der Waals surface area contributed by atoms with Gasteiger partial charge in [0.1, 0.15) is 5.82 Å². The number of anilines is 2. The quantitative estimate of drug-likeness (QED) is 0.823. The van der Waals surface area contributed by atoms with Crippen molar-refractivity contribution in [3.8, 4) is 0 Å². The molecule has 94 valence electrons. The average molecular weight is 265 g/mol. The highest BCUT2D eigenvalue weighted by molar-refractivity contribution is 6.31. The van der Waals surface area contributed by atoms with E-state index in [0.717, 1.165) is 5.56 Å². The topological polar surface area (TPSA) is 38.0 Å². The van der Waals surface area contributed by atoms with Gasteiger partial charge in [0, 0.05) is 12.6 Å². The molecule has 0 amide bonds. The lowest BCUT2D eigenvalue weighted by Crippen LogP contribution is -2.03. The molecule has 0 atom stereocenters. The van der Waals surface area contributed by atoms with E-state index in [4.69, 9.17) is 17.3 Å². The zero-order valence-electron chi connectivity index (χ0n) is 10.0. The van der Waals surface area contributed by atoms with E-state index in [-0.39, 0.29) is 5.02 Å². The van der Waals surface area contributed by atoms with Crippen molar-refractivity contribution in [3.05, 3.63) is 58.4 Å². The number of aryl methyl sites for hydroxylation is 1. The molecule has 2 rings (SSSR count). The minimum absolute atomic E-state index is 0.0654. The molecule has 0 saturated carbocycles. The SMILES string of the molecule is Cc1ccc(CNc2cc(Cl)c(F)cc2N)cc1. The molecule has 0 unspecified atom stereocenters. The van der Waals surface area contributed by atoms with E-state index in [2.05, 4.69) is 5.32 Å². The Morgan fingerprint density at radius 1 is 1.22 bits per heavy atom. The number of nitrogens with two attached hydrogens (primary N) is 1. The number of nitrogens with one attached hydrogen (secondary N) is 1. The van der Waals surface area contributed by atoms with Crippen molar-refractivity contribution in [2.45, 2.75) is 13.5 Å². The molecule has 0 spiro atoms. The number of rotatable bonds is 3. The Hall–Kier alpha value is -1.74. The van der Waals surface area contributed by atoms with Crippen LogP contribution in [-0.4, -0.2) is 0 Å². The molecule has 18 heavy (non-hydrogen) atoms. The molecule has 0 aromatic heterocycles. The Labute approximate surface area is 111 Å². The highest BCUT2D eigenvalue weighted by atomic mass is 35.5. The average Bonchev–Trinajstić information content (AvgIpc) is 2.34. The summed E-state index contributed by atoms with van der Waals surface area (Å²) in [6.45, 7) is 2.65. The molecule has 0 fully saturated rings. The third-order valence-electron chi connectivity index (χ3n) is 2.70. The lowest BCUT2D eigenvalue weighted by molar-refractivity contribution is 0.629. The molecule has 0 aliphatic heterocycles. The molecule has 0 aliphatic rings. The number of hydrogen-bond acceptors (Lipinski definition) is 2. The minimum atomic E-state index is -0.505. The van der Waals surface area contributed by atoms with Crippen LogP contribution in [0.25, 0.3) is 0 Å². The first kappa shape index (κ1) is 12.7. The van der Waals surface area contributed by atoms with Crippen LogP contribution in [0.5, 0.6) is 0 Å². The van der Waals surface area contributed by atoms with E-state index in [0.29, 0.717) is 17.9 Å². The van der Waals surface area contributed by atoms with Crippen LogP contribution in [0, 0.1) is 12.7 Å². The van der Waals surface area contributed by atoms with Gasteiger partial charge in [-0.3, -0.25) is 0 Å². The zero-order valence-corrected chi connectivity index (χ0v) is 10.8. The van der Waals surface area contributed by atoms with Crippen molar-refractivity contribution in [2.24, 2.45) is 0 Å². The molecule has 4 heteroatoms. The first-order valence-corrected chi connectivity index (χ1v) is 5.98. The van der Waals surface area contributed by atoms with Gasteiger partial charge in [-0.1, -0.05) is 41.4 Å². The maximum Gasteiger partial charge on any atom is 0.143 e. The van der Waals surface area contributed by atoms with Crippen LogP contribution in [0.15, 0.2) is 36.4 Å². The molecular weight excluding hydrogens is 251 g/mol. The smallest absolute Gasteiger partial charge is 0.143 e. The summed E-state index contributed by atoms with van der Waals surface area (Å²) in [5.74, 6) is -0.505. The van der Waals surface area contributed by atoms with Crippen LogP contribution in [0.1, 0.15) is 11.1 Å². The van der Waals surface area contributed by atoms with Crippen LogP contribution < -0.4 is 11.1 Å². The fourth-order valence-corrected chi connectivity index (χ4v) is 1.78. The van der Waals surface area contributed by atoms with Crippen LogP contribution in [0.4, 0.5) is 15.8 Å². The van der Waals surface area contributed by atoms with Crippen LogP contribution in [0.3, 0.4) is 0 Å². The van der Waals surface area contributed by atoms with Crippen molar-refractivity contribution < 1.29 is 4.39 Å². The van der Waals surface area contributed by atoms with Crippen molar-refractivity contribution in [3.63, 3.8) is 0 Å². The summed E-state index contributed by atoms with van der Waals surface area (Å²) in [5, 5.41) is 3.21. The summed E-state index contributed by atoms with van der Waals surface area (Å²) in [4.78, 5) is 0. The van der Waals surface area contributed by atoms with Crippen molar-refractivity contribution in [2.75, 3.05) is 11.1 Å². The monoisotopic (exact) mass is 264 g/mol. The first-order valence-electron chi connectivity index (χ1n) is 5.60. The van der Waals surface area contributed by atoms with Gasteiger partial charge in [-0.25, -0.2) is 4.39 Å². The second-order valence-corrected chi connectivity index (χ2v) is 4.60. The van der Waals surface area contributed by atoms with E-state index >= 15 is 0 Å². The zero-order chi connectivity index (χ0) is 13.1. The fourth-order valence-electron chi connectivity index (χ4n) is 1.62. The van der Waals surface area contributed by atoms with Crippen LogP contribution in [0.2, 0.25) is 5.02 Å². The Morgan fingerprint density at radius 2 is 1.89 bits per heavy atom. The van der Waals surface area contributed by atoms with Crippen molar-refractivity contribution in [1.82, 2.24) is 0 Å². The molecule has 0 saturated heterocycles. The molecule has 3 N–H and O–H groups in total. The maximum absolute atomic E-state index is 13.1. The summed E-state index contributed by atoms with van der Waals surface area (Å²) < 4.78 is 13.1. The minimum Gasteiger partial charge on any atom is -0.397 e. The van der Waals surface area contributed by atoms with Gasteiger partial charge in [-0.2, -0.15) is 0 Å². The fraction of sp³-hybridized carbons (Fsp3) is 0.143. The summed E-state index contributed by atoms with van der Waals surface area (Å²) in [6, 6.07) is 10.9. The third kappa shape index (κ3) is 2.93. The van der Waals surface area contributed by atoms with E-state index < -0.39 is 5.82 Å². The summed E-state index contributed by atoms with van der Waals surface area (Å²) in [6.07, 6.45) is 0. The molecular formula is C14H14ClFN2. The standard InChI is InChI=1S/C14H14ClFN2/c1-9-2-4-10(5-3-9)8-18-14-6-11(15)12(16)7-13(14)17/h2-7,18H,8,17H2,1H3. The summed E-state index contributed by atoms with van der Waals surface area (Å²) >= 11 is 5.72. The van der Waals surface area contributed by atoms with E-state index in [1.54, 1.807) is 0 Å². The van der Waals surface area contributed by atoms with Gasteiger partial charge in [0.2, 0.25) is 0 Å². The molecule has 2 aromatic carbocycles. The van der Waals surface area contributed by atoms with Gasteiger partial charge >= 0.3 is 0 Å². The first-order chi connectivity index (χ1) is 8.56. The van der Waals surface area contributed by atoms with Gasteiger partial charge in [0.15, 0.2) is 0 Å². The Morgan fingerprint density at radius 3 is 2.56 bits per heavy atom. The van der Waals surface area contributed by atoms with Gasteiger partial charge in [-0.05, 0) is 18.6 Å². The van der Waals surface area contributed by atoms with E-state index in [9.17, 15) is 4.39 Å². The predicted molar refractivity (Wildman–Crippen MR) is 74.3 cm³/mol. The normalized spacial score (nSPS) is 10.4. The number of hydrogen-bond donors (Lipinski definition) is 2. The number of nitrogen functional groups attached to an aromatic ring is 1. The number of halogens is 2. The lowest BCUT2D eigenvalue weighted by Gasteiger charge is -2.10. The van der Waals surface area contributed by atoms with Crippen LogP contribution in [-0.2, 0) is 6.54 Å². The van der Waals surface area contributed by atoms with Gasteiger partial charge < -0.3 is 11.1 Å². The highest BCUT2D eigenvalue weighted by Crippen LogP contribution is 2.26.